The summed E-state index contributed by atoms with van der Waals surface area (Å²) in [5.74, 6) is -1.36. The zero-order valence-electron chi connectivity index (χ0n) is 17.7. The molecule has 3 amide bonds. The molecule has 0 atom stereocenters. The van der Waals surface area contributed by atoms with E-state index in [0.29, 0.717) is 24.3 Å². The molecule has 164 valence electrons. The highest BCUT2D eigenvalue weighted by atomic mass is 19.1. The molecule has 0 radical (unpaired) electrons. The largest absolute Gasteiger partial charge is 0.354 e. The highest BCUT2D eigenvalue weighted by molar-refractivity contribution is 6.05. The first-order valence-electron chi connectivity index (χ1n) is 10.7. The maximum atomic E-state index is 13.8. The normalized spacial score (nSPS) is 14.0. The monoisotopic (exact) mass is 425 g/mol. The summed E-state index contributed by atoms with van der Waals surface area (Å²) < 4.78 is 13.8. The van der Waals surface area contributed by atoms with E-state index < -0.39 is 11.7 Å². The second-order valence-electron chi connectivity index (χ2n) is 7.85. The van der Waals surface area contributed by atoms with Crippen molar-refractivity contribution in [1.82, 2.24) is 10.6 Å². The number of halogens is 1. The molecule has 3 rings (SSSR count). The Kier molecular flexibility index (Phi) is 7.76. The van der Waals surface area contributed by atoms with Crippen LogP contribution in [0, 0.1) is 18.7 Å². The molecule has 0 unspecified atom stereocenters. The first-order valence-corrected chi connectivity index (χ1v) is 10.7. The van der Waals surface area contributed by atoms with Crippen LogP contribution >= 0.6 is 0 Å². The van der Waals surface area contributed by atoms with Gasteiger partial charge in [-0.15, -0.1) is 0 Å². The van der Waals surface area contributed by atoms with Gasteiger partial charge < -0.3 is 16.0 Å². The van der Waals surface area contributed by atoms with Crippen molar-refractivity contribution in [2.24, 2.45) is 5.92 Å². The topological polar surface area (TPSA) is 87.3 Å². The molecular formula is C24H28FN3O3. The maximum absolute atomic E-state index is 13.8. The van der Waals surface area contributed by atoms with Crippen molar-refractivity contribution < 1.29 is 18.8 Å². The molecule has 0 heterocycles. The lowest BCUT2D eigenvalue weighted by Gasteiger charge is -2.20. The third kappa shape index (κ3) is 6.13. The van der Waals surface area contributed by atoms with Gasteiger partial charge in [0.05, 0.1) is 5.56 Å². The van der Waals surface area contributed by atoms with Gasteiger partial charge in [0.2, 0.25) is 5.91 Å². The number of hydrogen-bond acceptors (Lipinski definition) is 3. The summed E-state index contributed by atoms with van der Waals surface area (Å²) >= 11 is 0. The number of anilines is 1. The van der Waals surface area contributed by atoms with E-state index in [-0.39, 0.29) is 23.3 Å². The number of nitrogens with one attached hydrogen (secondary N) is 3. The van der Waals surface area contributed by atoms with Crippen LogP contribution in [-0.4, -0.2) is 30.8 Å². The standard InChI is InChI=1S/C24H28FN3O3/c1-16-11-12-18(15-21(16)28-24(31)19-9-5-6-10-20(19)25)23(30)27-14-13-26-22(29)17-7-3-2-4-8-17/h5-6,9-12,15,17H,2-4,7-8,13-14H2,1H3,(H,26,29)(H,27,30)(H,28,31). The Morgan fingerprint density at radius 3 is 2.39 bits per heavy atom. The molecule has 1 saturated carbocycles. The second kappa shape index (κ2) is 10.7. The van der Waals surface area contributed by atoms with E-state index in [1.54, 1.807) is 31.2 Å². The van der Waals surface area contributed by atoms with E-state index in [2.05, 4.69) is 16.0 Å². The fourth-order valence-corrected chi connectivity index (χ4v) is 3.71. The van der Waals surface area contributed by atoms with Crippen LogP contribution in [0.5, 0.6) is 0 Å². The van der Waals surface area contributed by atoms with Gasteiger partial charge >= 0.3 is 0 Å². The van der Waals surface area contributed by atoms with E-state index >= 15 is 0 Å². The van der Waals surface area contributed by atoms with Crippen LogP contribution in [-0.2, 0) is 4.79 Å². The van der Waals surface area contributed by atoms with Gasteiger partial charge in [-0.1, -0.05) is 37.5 Å². The van der Waals surface area contributed by atoms with Crippen molar-refractivity contribution in [2.75, 3.05) is 18.4 Å². The van der Waals surface area contributed by atoms with E-state index in [4.69, 9.17) is 0 Å². The molecule has 2 aromatic rings. The van der Waals surface area contributed by atoms with E-state index in [9.17, 15) is 18.8 Å². The van der Waals surface area contributed by atoms with Crippen molar-refractivity contribution in [3.05, 3.63) is 65.0 Å². The fraction of sp³-hybridized carbons (Fsp3) is 0.375. The third-order valence-electron chi connectivity index (χ3n) is 5.55. The molecule has 1 aliphatic carbocycles. The van der Waals surface area contributed by atoms with Gasteiger partial charge in [0.25, 0.3) is 11.8 Å². The number of benzene rings is 2. The number of amides is 3. The average molecular weight is 426 g/mol. The molecule has 1 aliphatic rings. The minimum atomic E-state index is -0.609. The molecule has 0 saturated heterocycles. The first-order chi connectivity index (χ1) is 15.0. The number of rotatable bonds is 7. The highest BCUT2D eigenvalue weighted by Gasteiger charge is 2.20. The summed E-state index contributed by atoms with van der Waals surface area (Å²) in [5.41, 5.74) is 1.49. The van der Waals surface area contributed by atoms with E-state index in [1.165, 1.54) is 24.6 Å². The number of carbonyl (C=O) groups is 3. The van der Waals surface area contributed by atoms with Crippen molar-refractivity contribution in [1.29, 1.82) is 0 Å². The first kappa shape index (κ1) is 22.5. The van der Waals surface area contributed by atoms with Crippen LogP contribution in [0.15, 0.2) is 42.5 Å². The van der Waals surface area contributed by atoms with Crippen LogP contribution in [0.25, 0.3) is 0 Å². The second-order valence-corrected chi connectivity index (χ2v) is 7.85. The Morgan fingerprint density at radius 1 is 0.935 bits per heavy atom. The van der Waals surface area contributed by atoms with Gasteiger partial charge in [-0.25, -0.2) is 4.39 Å². The van der Waals surface area contributed by atoms with Crippen LogP contribution < -0.4 is 16.0 Å². The summed E-state index contributed by atoms with van der Waals surface area (Å²) in [6.07, 6.45) is 5.25. The fourth-order valence-electron chi connectivity index (χ4n) is 3.71. The smallest absolute Gasteiger partial charge is 0.258 e. The lowest BCUT2D eigenvalue weighted by atomic mass is 9.89. The lowest BCUT2D eigenvalue weighted by Crippen LogP contribution is -2.38. The Morgan fingerprint density at radius 2 is 1.65 bits per heavy atom. The zero-order valence-corrected chi connectivity index (χ0v) is 17.7. The lowest BCUT2D eigenvalue weighted by molar-refractivity contribution is -0.125. The molecule has 0 aromatic heterocycles. The Hall–Kier alpha value is -3.22. The number of hydrogen-bond donors (Lipinski definition) is 3. The van der Waals surface area contributed by atoms with E-state index in [1.807, 2.05) is 0 Å². The molecular weight excluding hydrogens is 397 g/mol. The minimum Gasteiger partial charge on any atom is -0.354 e. The predicted molar refractivity (Wildman–Crippen MR) is 117 cm³/mol. The molecule has 6 nitrogen and oxygen atoms in total. The van der Waals surface area contributed by atoms with Crippen LogP contribution in [0.4, 0.5) is 10.1 Å². The minimum absolute atomic E-state index is 0.0578. The maximum Gasteiger partial charge on any atom is 0.258 e. The quantitative estimate of drug-likeness (QED) is 0.590. The zero-order chi connectivity index (χ0) is 22.2. The van der Waals surface area contributed by atoms with Crippen molar-refractivity contribution >= 4 is 23.4 Å². The summed E-state index contributed by atoms with van der Waals surface area (Å²) in [7, 11) is 0. The van der Waals surface area contributed by atoms with Gasteiger partial charge in [-0.05, 0) is 49.6 Å². The van der Waals surface area contributed by atoms with Gasteiger partial charge in [0, 0.05) is 30.3 Å². The number of aryl methyl sites for hydroxylation is 1. The van der Waals surface area contributed by atoms with Gasteiger partial charge in [-0.2, -0.15) is 0 Å². The van der Waals surface area contributed by atoms with Crippen molar-refractivity contribution in [2.45, 2.75) is 39.0 Å². The van der Waals surface area contributed by atoms with Gasteiger partial charge in [0.15, 0.2) is 0 Å². The summed E-state index contributed by atoms with van der Waals surface area (Å²) in [4.78, 5) is 37.0. The molecule has 0 aliphatic heterocycles. The van der Waals surface area contributed by atoms with Gasteiger partial charge in [-0.3, -0.25) is 14.4 Å². The van der Waals surface area contributed by atoms with Crippen LogP contribution in [0.1, 0.15) is 58.4 Å². The average Bonchev–Trinajstić information content (AvgIpc) is 2.78. The third-order valence-corrected chi connectivity index (χ3v) is 5.55. The van der Waals surface area contributed by atoms with Crippen molar-refractivity contribution in [3.63, 3.8) is 0 Å². The highest BCUT2D eigenvalue weighted by Crippen LogP contribution is 2.23. The molecule has 0 bridgehead atoms. The summed E-state index contributed by atoms with van der Waals surface area (Å²) in [6, 6.07) is 10.7. The summed E-state index contributed by atoms with van der Waals surface area (Å²) in [5, 5.41) is 8.32. The Bertz CT molecular complexity index is 955. The molecule has 7 heteroatoms. The molecule has 0 spiro atoms. The molecule has 3 N–H and O–H groups in total. The summed E-state index contributed by atoms with van der Waals surface area (Å²) in [6.45, 7) is 2.46. The number of carbonyl (C=O) groups excluding carboxylic acids is 3. The molecule has 2 aromatic carbocycles. The molecule has 31 heavy (non-hydrogen) atoms. The van der Waals surface area contributed by atoms with E-state index in [0.717, 1.165) is 31.2 Å². The van der Waals surface area contributed by atoms with Gasteiger partial charge in [0.1, 0.15) is 5.82 Å². The Balaban J connectivity index is 1.53. The predicted octanol–water partition coefficient (Wildman–Crippen LogP) is 3.81. The van der Waals surface area contributed by atoms with Crippen LogP contribution in [0.3, 0.4) is 0 Å². The Labute approximate surface area is 181 Å². The SMILES string of the molecule is Cc1ccc(C(=O)NCCNC(=O)C2CCCCC2)cc1NC(=O)c1ccccc1F. The van der Waals surface area contributed by atoms with Crippen molar-refractivity contribution in [3.8, 4) is 0 Å². The molecule has 1 fully saturated rings. The van der Waals surface area contributed by atoms with Crippen LogP contribution in [0.2, 0.25) is 0 Å².